The molecule has 2 heterocycles. The number of carbonyl (C=O) groups excluding carboxylic acids is 1. The van der Waals surface area contributed by atoms with Crippen LogP contribution in [-0.4, -0.2) is 36.6 Å². The standard InChI is InChI=1S/C19H14ClFN6OS/c20-13-3-1-12(2-4-13)9-27-18-17(25-26-27)19(23-11-22-18)29-10-16(28)24-15-7-5-14(21)6-8-15/h1-8,11H,9-10H2,(H,24,28). The van der Waals surface area contributed by atoms with Crippen LogP contribution in [0.2, 0.25) is 5.02 Å². The van der Waals surface area contributed by atoms with Gasteiger partial charge in [-0.25, -0.2) is 19.0 Å². The fourth-order valence-electron chi connectivity index (χ4n) is 2.61. The van der Waals surface area contributed by atoms with Crippen molar-refractivity contribution in [3.05, 3.63) is 71.3 Å². The Bertz CT molecular complexity index is 1150. The Morgan fingerprint density at radius 1 is 1.10 bits per heavy atom. The van der Waals surface area contributed by atoms with Gasteiger partial charge < -0.3 is 5.32 Å². The summed E-state index contributed by atoms with van der Waals surface area (Å²) >= 11 is 7.15. The van der Waals surface area contributed by atoms with Crippen molar-refractivity contribution in [2.24, 2.45) is 0 Å². The molecule has 0 aliphatic carbocycles. The van der Waals surface area contributed by atoms with E-state index in [1.54, 1.807) is 4.68 Å². The molecule has 0 saturated heterocycles. The number of halogens is 2. The van der Waals surface area contributed by atoms with Gasteiger partial charge in [0.05, 0.1) is 12.3 Å². The van der Waals surface area contributed by atoms with Gasteiger partial charge in [-0.05, 0) is 42.0 Å². The van der Waals surface area contributed by atoms with E-state index in [4.69, 9.17) is 11.6 Å². The van der Waals surface area contributed by atoms with Crippen LogP contribution in [0, 0.1) is 5.82 Å². The van der Waals surface area contributed by atoms with Crippen molar-refractivity contribution in [1.29, 1.82) is 0 Å². The quantitative estimate of drug-likeness (QED) is 0.371. The second-order valence-electron chi connectivity index (χ2n) is 6.07. The average molecular weight is 429 g/mol. The molecule has 10 heteroatoms. The van der Waals surface area contributed by atoms with Crippen LogP contribution in [0.4, 0.5) is 10.1 Å². The largest absolute Gasteiger partial charge is 0.325 e. The molecule has 1 amide bonds. The molecule has 0 aliphatic heterocycles. The van der Waals surface area contributed by atoms with E-state index >= 15 is 0 Å². The Labute approximate surface area is 174 Å². The maximum absolute atomic E-state index is 12.9. The van der Waals surface area contributed by atoms with Gasteiger partial charge in [0.1, 0.15) is 17.2 Å². The van der Waals surface area contributed by atoms with E-state index in [9.17, 15) is 9.18 Å². The number of hydrogen-bond donors (Lipinski definition) is 1. The number of nitrogens with one attached hydrogen (secondary N) is 1. The lowest BCUT2D eigenvalue weighted by atomic mass is 10.2. The molecule has 0 radical (unpaired) electrons. The molecule has 4 aromatic rings. The van der Waals surface area contributed by atoms with Crippen LogP contribution in [0.5, 0.6) is 0 Å². The highest BCUT2D eigenvalue weighted by Crippen LogP contribution is 2.23. The molecule has 29 heavy (non-hydrogen) atoms. The van der Waals surface area contributed by atoms with E-state index in [2.05, 4.69) is 25.6 Å². The third kappa shape index (κ3) is 4.69. The summed E-state index contributed by atoms with van der Waals surface area (Å²) in [4.78, 5) is 20.6. The summed E-state index contributed by atoms with van der Waals surface area (Å²) in [5.74, 6) is -0.475. The SMILES string of the molecule is O=C(CSc1ncnc2c1nnn2Cc1ccc(Cl)cc1)Nc1ccc(F)cc1. The summed E-state index contributed by atoms with van der Waals surface area (Å²) in [7, 11) is 0. The van der Waals surface area contributed by atoms with Gasteiger partial charge >= 0.3 is 0 Å². The van der Waals surface area contributed by atoms with Crippen molar-refractivity contribution in [3.8, 4) is 0 Å². The zero-order valence-electron chi connectivity index (χ0n) is 14.9. The smallest absolute Gasteiger partial charge is 0.234 e. The lowest BCUT2D eigenvalue weighted by Gasteiger charge is -2.05. The number of carbonyl (C=O) groups is 1. The maximum atomic E-state index is 12.9. The Morgan fingerprint density at radius 3 is 2.62 bits per heavy atom. The number of nitrogens with zero attached hydrogens (tertiary/aromatic N) is 5. The van der Waals surface area contributed by atoms with E-state index < -0.39 is 0 Å². The van der Waals surface area contributed by atoms with Crippen LogP contribution >= 0.6 is 23.4 Å². The van der Waals surface area contributed by atoms with Gasteiger partial charge in [0.25, 0.3) is 0 Å². The first-order chi connectivity index (χ1) is 14.1. The van der Waals surface area contributed by atoms with Crippen LogP contribution in [0.15, 0.2) is 59.9 Å². The summed E-state index contributed by atoms with van der Waals surface area (Å²) in [6.45, 7) is 0.486. The van der Waals surface area contributed by atoms with Gasteiger partial charge in [-0.1, -0.05) is 40.7 Å². The minimum Gasteiger partial charge on any atom is -0.325 e. The molecule has 1 N–H and O–H groups in total. The predicted molar refractivity (Wildman–Crippen MR) is 109 cm³/mol. The molecule has 0 bridgehead atoms. The van der Waals surface area contributed by atoms with Crippen LogP contribution in [-0.2, 0) is 11.3 Å². The fraction of sp³-hybridized carbons (Fsp3) is 0.105. The molecule has 0 unspecified atom stereocenters. The second kappa shape index (κ2) is 8.54. The molecule has 146 valence electrons. The zero-order valence-corrected chi connectivity index (χ0v) is 16.5. The van der Waals surface area contributed by atoms with Crippen LogP contribution in [0.1, 0.15) is 5.56 Å². The molecule has 4 rings (SSSR count). The number of hydrogen-bond acceptors (Lipinski definition) is 6. The Kier molecular flexibility index (Phi) is 5.68. The second-order valence-corrected chi connectivity index (χ2v) is 7.47. The predicted octanol–water partition coefficient (Wildman–Crippen LogP) is 3.79. The number of thioether (sulfide) groups is 1. The molecule has 7 nitrogen and oxygen atoms in total. The summed E-state index contributed by atoms with van der Waals surface area (Å²) in [6, 6.07) is 13.0. The minimum absolute atomic E-state index is 0.119. The number of anilines is 1. The summed E-state index contributed by atoms with van der Waals surface area (Å²) in [5.41, 5.74) is 2.64. The fourth-order valence-corrected chi connectivity index (χ4v) is 3.47. The van der Waals surface area contributed by atoms with Crippen LogP contribution in [0.25, 0.3) is 11.2 Å². The highest BCUT2D eigenvalue weighted by molar-refractivity contribution is 8.00. The van der Waals surface area contributed by atoms with E-state index in [0.717, 1.165) is 5.56 Å². The first kappa shape index (κ1) is 19.3. The Morgan fingerprint density at radius 2 is 1.86 bits per heavy atom. The first-order valence-electron chi connectivity index (χ1n) is 8.55. The normalized spacial score (nSPS) is 11.0. The number of rotatable bonds is 6. The van der Waals surface area contributed by atoms with Gasteiger partial charge in [0.15, 0.2) is 11.2 Å². The van der Waals surface area contributed by atoms with Crippen molar-refractivity contribution in [1.82, 2.24) is 25.0 Å². The molecule has 2 aromatic carbocycles. The molecule has 0 spiro atoms. The van der Waals surface area contributed by atoms with E-state index in [1.807, 2.05) is 24.3 Å². The van der Waals surface area contributed by atoms with Gasteiger partial charge in [-0.2, -0.15) is 0 Å². The molecule has 0 atom stereocenters. The van der Waals surface area contributed by atoms with Crippen molar-refractivity contribution in [2.75, 3.05) is 11.1 Å². The molecule has 2 aromatic heterocycles. The lowest BCUT2D eigenvalue weighted by Crippen LogP contribution is -2.14. The molecule has 0 aliphatic rings. The highest BCUT2D eigenvalue weighted by Gasteiger charge is 2.14. The lowest BCUT2D eigenvalue weighted by molar-refractivity contribution is -0.113. The number of amides is 1. The summed E-state index contributed by atoms with van der Waals surface area (Å²) in [5, 5.41) is 12.3. The molecule has 0 fully saturated rings. The average Bonchev–Trinajstić information content (AvgIpc) is 3.13. The minimum atomic E-state index is -0.359. The third-order valence-electron chi connectivity index (χ3n) is 3.98. The third-order valence-corrected chi connectivity index (χ3v) is 5.21. The zero-order chi connectivity index (χ0) is 20.2. The number of benzene rings is 2. The topological polar surface area (TPSA) is 85.6 Å². The first-order valence-corrected chi connectivity index (χ1v) is 9.92. The van der Waals surface area contributed by atoms with Gasteiger partial charge in [0, 0.05) is 10.7 Å². The Balaban J connectivity index is 1.45. The molecular weight excluding hydrogens is 415 g/mol. The van der Waals surface area contributed by atoms with Gasteiger partial charge in [-0.3, -0.25) is 4.79 Å². The molecule has 0 saturated carbocycles. The monoisotopic (exact) mass is 428 g/mol. The van der Waals surface area contributed by atoms with Crippen molar-refractivity contribution >= 4 is 46.1 Å². The summed E-state index contributed by atoms with van der Waals surface area (Å²) in [6.07, 6.45) is 1.42. The van der Waals surface area contributed by atoms with Crippen molar-refractivity contribution in [3.63, 3.8) is 0 Å². The highest BCUT2D eigenvalue weighted by atomic mass is 35.5. The van der Waals surface area contributed by atoms with Crippen LogP contribution in [0.3, 0.4) is 0 Å². The van der Waals surface area contributed by atoms with Gasteiger partial charge in [0.2, 0.25) is 5.91 Å². The van der Waals surface area contributed by atoms with E-state index in [1.165, 1.54) is 42.4 Å². The number of aromatic nitrogens is 5. The van der Waals surface area contributed by atoms with E-state index in [-0.39, 0.29) is 17.5 Å². The van der Waals surface area contributed by atoms with Gasteiger partial charge in [-0.15, -0.1) is 5.10 Å². The van der Waals surface area contributed by atoms with E-state index in [0.29, 0.717) is 33.4 Å². The van der Waals surface area contributed by atoms with Crippen LogP contribution < -0.4 is 5.32 Å². The van der Waals surface area contributed by atoms with Crippen molar-refractivity contribution in [2.45, 2.75) is 11.6 Å². The summed E-state index contributed by atoms with van der Waals surface area (Å²) < 4.78 is 14.6. The maximum Gasteiger partial charge on any atom is 0.234 e. The molecular formula is C19H14ClFN6OS. The Hall–Kier alpha value is -3.04. The number of fused-ring (bicyclic) bond motifs is 1. The van der Waals surface area contributed by atoms with Crippen molar-refractivity contribution < 1.29 is 9.18 Å².